The maximum Gasteiger partial charge on any atom is 0.141 e. The quantitative estimate of drug-likeness (QED) is 0.753. The fourth-order valence-corrected chi connectivity index (χ4v) is 1.45. The molecule has 0 saturated heterocycles. The second-order valence-electron chi connectivity index (χ2n) is 3.18. The van der Waals surface area contributed by atoms with Crippen LogP contribution in [0.4, 0.5) is 0 Å². The van der Waals surface area contributed by atoms with Crippen LogP contribution in [0.25, 0.3) is 10.9 Å². The highest BCUT2D eigenvalue weighted by atomic mass is 16.3. The number of hydrogen-bond acceptors (Lipinski definition) is 3. The third kappa shape index (κ3) is 1.54. The van der Waals surface area contributed by atoms with Crippen LogP contribution in [-0.4, -0.2) is 17.1 Å². The van der Waals surface area contributed by atoms with Crippen LogP contribution in [0.2, 0.25) is 0 Å². The van der Waals surface area contributed by atoms with Crippen LogP contribution in [0, 0.1) is 0 Å². The molecule has 0 spiro atoms. The monoisotopic (exact) mass is 188 g/mol. The molecule has 1 aromatic carbocycles. The van der Waals surface area contributed by atoms with E-state index >= 15 is 0 Å². The number of phenolic OH excluding ortho intramolecular Hbond substituents is 1. The van der Waals surface area contributed by atoms with E-state index in [1.807, 2.05) is 31.3 Å². The molecule has 0 radical (unpaired) electrons. The lowest BCUT2D eigenvalue weighted by Gasteiger charge is -2.03. The van der Waals surface area contributed by atoms with Crippen molar-refractivity contribution in [2.45, 2.75) is 6.54 Å². The number of rotatable bonds is 2. The van der Waals surface area contributed by atoms with Gasteiger partial charge in [-0.05, 0) is 19.2 Å². The van der Waals surface area contributed by atoms with E-state index in [-0.39, 0.29) is 5.75 Å². The van der Waals surface area contributed by atoms with Gasteiger partial charge >= 0.3 is 0 Å². The molecular weight excluding hydrogens is 176 g/mol. The van der Waals surface area contributed by atoms with Gasteiger partial charge in [-0.2, -0.15) is 0 Å². The lowest BCUT2D eigenvalue weighted by molar-refractivity contribution is 0.480. The first-order chi connectivity index (χ1) is 6.81. The van der Waals surface area contributed by atoms with Crippen molar-refractivity contribution in [3.05, 3.63) is 36.0 Å². The first kappa shape index (κ1) is 8.97. The van der Waals surface area contributed by atoms with E-state index in [0.717, 1.165) is 11.1 Å². The zero-order valence-corrected chi connectivity index (χ0v) is 7.99. The summed E-state index contributed by atoms with van der Waals surface area (Å²) in [6, 6.07) is 9.33. The van der Waals surface area contributed by atoms with Gasteiger partial charge in [0, 0.05) is 11.9 Å². The fraction of sp³-hybridized carbons (Fsp3) is 0.182. The zero-order chi connectivity index (χ0) is 9.97. The van der Waals surface area contributed by atoms with Gasteiger partial charge in [0.25, 0.3) is 0 Å². The summed E-state index contributed by atoms with van der Waals surface area (Å²) in [5.74, 6) is 0.237. The van der Waals surface area contributed by atoms with Crippen molar-refractivity contribution in [3.8, 4) is 5.75 Å². The Kier molecular flexibility index (Phi) is 2.33. The van der Waals surface area contributed by atoms with E-state index in [9.17, 15) is 5.11 Å². The lowest BCUT2D eigenvalue weighted by atomic mass is 10.2. The molecule has 72 valence electrons. The molecule has 1 heterocycles. The van der Waals surface area contributed by atoms with Crippen molar-refractivity contribution < 1.29 is 5.11 Å². The average Bonchev–Trinajstić information content (AvgIpc) is 2.20. The highest BCUT2D eigenvalue weighted by Gasteiger charge is 2.01. The van der Waals surface area contributed by atoms with Crippen molar-refractivity contribution in [2.24, 2.45) is 0 Å². The summed E-state index contributed by atoms with van der Waals surface area (Å²) in [6.45, 7) is 0.713. The van der Waals surface area contributed by atoms with E-state index < -0.39 is 0 Å². The number of nitrogens with zero attached hydrogens (tertiary/aromatic N) is 1. The Labute approximate surface area is 82.4 Å². The topological polar surface area (TPSA) is 45.1 Å². The van der Waals surface area contributed by atoms with Crippen LogP contribution in [0.15, 0.2) is 30.3 Å². The molecule has 0 aliphatic rings. The molecule has 0 fully saturated rings. The van der Waals surface area contributed by atoms with Gasteiger partial charge in [-0.1, -0.05) is 18.2 Å². The molecule has 3 heteroatoms. The molecule has 2 rings (SSSR count). The maximum atomic E-state index is 9.58. The largest absolute Gasteiger partial charge is 0.506 e. The minimum atomic E-state index is 0.237. The SMILES string of the molecule is CNCc1ccc2cccc(O)c2n1. The predicted octanol–water partition coefficient (Wildman–Crippen LogP) is 1.66. The summed E-state index contributed by atoms with van der Waals surface area (Å²) in [5, 5.41) is 13.6. The summed E-state index contributed by atoms with van der Waals surface area (Å²) in [5.41, 5.74) is 1.60. The maximum absolute atomic E-state index is 9.58. The molecule has 2 aromatic rings. The van der Waals surface area contributed by atoms with Gasteiger partial charge in [-0.15, -0.1) is 0 Å². The molecule has 14 heavy (non-hydrogen) atoms. The van der Waals surface area contributed by atoms with Gasteiger partial charge < -0.3 is 10.4 Å². The van der Waals surface area contributed by atoms with Gasteiger partial charge in [-0.3, -0.25) is 0 Å². The van der Waals surface area contributed by atoms with Gasteiger partial charge in [0.05, 0.1) is 5.69 Å². The van der Waals surface area contributed by atoms with Gasteiger partial charge in [0.15, 0.2) is 0 Å². The molecule has 0 aliphatic carbocycles. The van der Waals surface area contributed by atoms with Crippen LogP contribution in [0.3, 0.4) is 0 Å². The Balaban J connectivity index is 2.58. The molecule has 0 bridgehead atoms. The van der Waals surface area contributed by atoms with Crippen molar-refractivity contribution in [3.63, 3.8) is 0 Å². The predicted molar refractivity (Wildman–Crippen MR) is 56.2 cm³/mol. The molecule has 0 aliphatic heterocycles. The van der Waals surface area contributed by atoms with Crippen molar-refractivity contribution in [1.29, 1.82) is 0 Å². The van der Waals surface area contributed by atoms with Gasteiger partial charge in [-0.25, -0.2) is 4.98 Å². The third-order valence-electron chi connectivity index (χ3n) is 2.11. The number of fused-ring (bicyclic) bond motifs is 1. The Morgan fingerprint density at radius 1 is 1.29 bits per heavy atom. The van der Waals surface area contributed by atoms with E-state index in [4.69, 9.17) is 0 Å². The van der Waals surface area contributed by atoms with Crippen LogP contribution in [0.5, 0.6) is 5.75 Å². The second-order valence-corrected chi connectivity index (χ2v) is 3.18. The number of para-hydroxylation sites is 1. The summed E-state index contributed by atoms with van der Waals surface area (Å²) >= 11 is 0. The number of hydrogen-bond donors (Lipinski definition) is 2. The van der Waals surface area contributed by atoms with Crippen molar-refractivity contribution in [2.75, 3.05) is 7.05 Å². The summed E-state index contributed by atoms with van der Waals surface area (Å²) in [4.78, 5) is 4.35. The Hall–Kier alpha value is -1.61. The first-order valence-corrected chi connectivity index (χ1v) is 4.53. The Bertz CT molecular complexity index is 454. The van der Waals surface area contributed by atoms with Crippen LogP contribution in [-0.2, 0) is 6.54 Å². The highest BCUT2D eigenvalue weighted by Crippen LogP contribution is 2.22. The summed E-state index contributed by atoms with van der Waals surface area (Å²) < 4.78 is 0. The van der Waals surface area contributed by atoms with E-state index in [1.54, 1.807) is 6.07 Å². The normalized spacial score (nSPS) is 10.6. The zero-order valence-electron chi connectivity index (χ0n) is 7.99. The number of benzene rings is 1. The molecule has 1 aromatic heterocycles. The summed E-state index contributed by atoms with van der Waals surface area (Å²) in [7, 11) is 1.87. The van der Waals surface area contributed by atoms with Gasteiger partial charge in [0.1, 0.15) is 11.3 Å². The molecule has 2 N–H and O–H groups in total. The second kappa shape index (κ2) is 3.64. The van der Waals surface area contributed by atoms with E-state index in [1.165, 1.54) is 0 Å². The first-order valence-electron chi connectivity index (χ1n) is 4.53. The summed E-state index contributed by atoms with van der Waals surface area (Å²) in [6.07, 6.45) is 0. The van der Waals surface area contributed by atoms with Crippen molar-refractivity contribution >= 4 is 10.9 Å². The molecule has 0 unspecified atom stereocenters. The fourth-order valence-electron chi connectivity index (χ4n) is 1.45. The average molecular weight is 188 g/mol. The highest BCUT2D eigenvalue weighted by molar-refractivity contribution is 5.84. The standard InChI is InChI=1S/C11H12N2O/c1-12-7-9-6-5-8-3-2-4-10(14)11(8)13-9/h2-6,12,14H,7H2,1H3. The molecule has 0 amide bonds. The number of aromatic nitrogens is 1. The minimum absolute atomic E-state index is 0.237. The Morgan fingerprint density at radius 3 is 2.93 bits per heavy atom. The molecule has 3 nitrogen and oxygen atoms in total. The molecule has 0 atom stereocenters. The minimum Gasteiger partial charge on any atom is -0.506 e. The Morgan fingerprint density at radius 2 is 2.14 bits per heavy atom. The third-order valence-corrected chi connectivity index (χ3v) is 2.11. The number of aromatic hydroxyl groups is 1. The van der Waals surface area contributed by atoms with E-state index in [0.29, 0.717) is 12.1 Å². The van der Waals surface area contributed by atoms with Crippen LogP contribution in [0.1, 0.15) is 5.69 Å². The number of nitrogens with one attached hydrogen (secondary N) is 1. The van der Waals surface area contributed by atoms with Crippen LogP contribution < -0.4 is 5.32 Å². The van der Waals surface area contributed by atoms with Crippen LogP contribution >= 0.6 is 0 Å². The molecule has 0 saturated carbocycles. The van der Waals surface area contributed by atoms with E-state index in [2.05, 4.69) is 10.3 Å². The smallest absolute Gasteiger partial charge is 0.141 e. The number of pyridine rings is 1. The molecular formula is C11H12N2O. The van der Waals surface area contributed by atoms with Crippen molar-refractivity contribution in [1.82, 2.24) is 10.3 Å². The van der Waals surface area contributed by atoms with Gasteiger partial charge in [0.2, 0.25) is 0 Å². The number of phenols is 1. The lowest BCUT2D eigenvalue weighted by Crippen LogP contribution is -2.06.